The Morgan fingerprint density at radius 2 is 1.92 bits per heavy atom. The molecule has 0 heterocycles. The van der Waals surface area contributed by atoms with Crippen molar-refractivity contribution in [3.63, 3.8) is 0 Å². The lowest BCUT2D eigenvalue weighted by molar-refractivity contribution is 0.704. The molecule has 0 unspecified atom stereocenters. The third-order valence-corrected chi connectivity index (χ3v) is 3.69. The maximum atomic E-state index is 5.77. The van der Waals surface area contributed by atoms with E-state index in [2.05, 4.69) is 30.5 Å². The van der Waals surface area contributed by atoms with Crippen molar-refractivity contribution in [1.82, 2.24) is 0 Å². The first kappa shape index (κ1) is 9.10. The lowest BCUT2D eigenvalue weighted by atomic mass is 9.96. The first-order valence-corrected chi connectivity index (χ1v) is 5.88. The van der Waals surface area contributed by atoms with Gasteiger partial charge in [-0.3, -0.25) is 0 Å². The summed E-state index contributed by atoms with van der Waals surface area (Å²) in [5.74, 6) is 0. The van der Waals surface area contributed by atoms with Crippen LogP contribution >= 0.6 is 11.8 Å². The Balaban J connectivity index is 2.23. The minimum Gasteiger partial charge on any atom is -0.330 e. The highest BCUT2D eigenvalue weighted by molar-refractivity contribution is 7.98. The van der Waals surface area contributed by atoms with E-state index in [1.165, 1.54) is 23.3 Å². The maximum absolute atomic E-state index is 5.77. The number of benzene rings is 1. The molecule has 0 radical (unpaired) electrons. The fraction of sp³-hybridized carbons (Fsp3) is 0.455. The average Bonchev–Trinajstić information content (AvgIpc) is 2.99. The molecule has 2 heteroatoms. The Bertz CT molecular complexity index is 287. The molecule has 2 N–H and O–H groups in total. The molecule has 0 saturated heterocycles. The topological polar surface area (TPSA) is 26.0 Å². The van der Waals surface area contributed by atoms with Crippen molar-refractivity contribution in [2.24, 2.45) is 5.73 Å². The summed E-state index contributed by atoms with van der Waals surface area (Å²) in [4.78, 5) is 1.33. The standard InChI is InChI=1S/C11H15NS/c1-13-10-4-2-9(3-5-10)11(8-12)6-7-11/h2-5H,6-8,12H2,1H3. The average molecular weight is 193 g/mol. The SMILES string of the molecule is CSc1ccc(C2(CN)CC2)cc1. The van der Waals surface area contributed by atoms with Gasteiger partial charge in [0.2, 0.25) is 0 Å². The number of thioether (sulfide) groups is 1. The largest absolute Gasteiger partial charge is 0.330 e. The summed E-state index contributed by atoms with van der Waals surface area (Å²) in [7, 11) is 0. The fourth-order valence-corrected chi connectivity index (χ4v) is 2.11. The van der Waals surface area contributed by atoms with Gasteiger partial charge in [0.05, 0.1) is 0 Å². The van der Waals surface area contributed by atoms with Crippen molar-refractivity contribution in [3.8, 4) is 0 Å². The van der Waals surface area contributed by atoms with Crippen LogP contribution < -0.4 is 5.73 Å². The lowest BCUT2D eigenvalue weighted by Gasteiger charge is -2.12. The normalized spacial score (nSPS) is 18.6. The van der Waals surface area contributed by atoms with Gasteiger partial charge in [-0.15, -0.1) is 11.8 Å². The molecule has 2 rings (SSSR count). The van der Waals surface area contributed by atoms with Crippen molar-refractivity contribution in [1.29, 1.82) is 0 Å². The highest BCUT2D eigenvalue weighted by Crippen LogP contribution is 2.47. The van der Waals surface area contributed by atoms with Gasteiger partial charge in [0.1, 0.15) is 0 Å². The molecular formula is C11H15NS. The Kier molecular flexibility index (Phi) is 2.35. The number of rotatable bonds is 3. The molecule has 1 aliphatic rings. The van der Waals surface area contributed by atoms with Crippen LogP contribution in [-0.4, -0.2) is 12.8 Å². The zero-order valence-corrected chi connectivity index (χ0v) is 8.73. The van der Waals surface area contributed by atoms with Gasteiger partial charge in [-0.25, -0.2) is 0 Å². The minimum absolute atomic E-state index is 0.344. The fourth-order valence-electron chi connectivity index (χ4n) is 1.71. The second-order valence-electron chi connectivity index (χ2n) is 3.71. The monoisotopic (exact) mass is 193 g/mol. The van der Waals surface area contributed by atoms with Gasteiger partial charge in [0.25, 0.3) is 0 Å². The molecule has 1 aromatic carbocycles. The van der Waals surface area contributed by atoms with Crippen LogP contribution in [0.2, 0.25) is 0 Å². The lowest BCUT2D eigenvalue weighted by Crippen LogP contribution is -2.19. The highest BCUT2D eigenvalue weighted by atomic mass is 32.2. The summed E-state index contributed by atoms with van der Waals surface area (Å²) in [6.45, 7) is 0.797. The van der Waals surface area contributed by atoms with E-state index in [9.17, 15) is 0 Å². The molecule has 1 fully saturated rings. The second kappa shape index (κ2) is 3.35. The third-order valence-electron chi connectivity index (χ3n) is 2.95. The van der Waals surface area contributed by atoms with E-state index in [0.717, 1.165) is 6.54 Å². The van der Waals surface area contributed by atoms with Crippen molar-refractivity contribution in [2.75, 3.05) is 12.8 Å². The summed E-state index contributed by atoms with van der Waals surface area (Å²) in [6.07, 6.45) is 4.63. The van der Waals surface area contributed by atoms with E-state index < -0.39 is 0 Å². The molecule has 0 spiro atoms. The zero-order valence-electron chi connectivity index (χ0n) is 7.92. The van der Waals surface area contributed by atoms with Gasteiger partial charge in [-0.2, -0.15) is 0 Å². The highest BCUT2D eigenvalue weighted by Gasteiger charge is 2.42. The number of hydrogen-bond acceptors (Lipinski definition) is 2. The Morgan fingerprint density at radius 3 is 2.31 bits per heavy atom. The molecule has 0 bridgehead atoms. The third kappa shape index (κ3) is 1.61. The molecule has 0 aromatic heterocycles. The maximum Gasteiger partial charge on any atom is 0.00762 e. The van der Waals surface area contributed by atoms with E-state index >= 15 is 0 Å². The summed E-state index contributed by atoms with van der Waals surface area (Å²) >= 11 is 1.78. The molecule has 0 atom stereocenters. The molecule has 13 heavy (non-hydrogen) atoms. The van der Waals surface area contributed by atoms with Gasteiger partial charge in [0, 0.05) is 16.9 Å². The van der Waals surface area contributed by atoms with Crippen LogP contribution in [-0.2, 0) is 5.41 Å². The van der Waals surface area contributed by atoms with E-state index in [1.54, 1.807) is 11.8 Å². The van der Waals surface area contributed by atoms with Gasteiger partial charge >= 0.3 is 0 Å². The second-order valence-corrected chi connectivity index (χ2v) is 4.59. The van der Waals surface area contributed by atoms with Crippen LogP contribution in [0.25, 0.3) is 0 Å². The van der Waals surface area contributed by atoms with Gasteiger partial charge in [-0.05, 0) is 36.8 Å². The van der Waals surface area contributed by atoms with Gasteiger partial charge < -0.3 is 5.73 Å². The summed E-state index contributed by atoms with van der Waals surface area (Å²) in [6, 6.07) is 8.84. The smallest absolute Gasteiger partial charge is 0.00762 e. The van der Waals surface area contributed by atoms with Crippen LogP contribution in [0, 0.1) is 0 Å². The molecule has 1 nitrogen and oxygen atoms in total. The van der Waals surface area contributed by atoms with E-state index in [1.807, 2.05) is 0 Å². The Labute approximate surface area is 83.7 Å². The van der Waals surface area contributed by atoms with Crippen LogP contribution in [0.15, 0.2) is 29.2 Å². The van der Waals surface area contributed by atoms with Crippen molar-refractivity contribution in [3.05, 3.63) is 29.8 Å². The molecule has 0 aliphatic heterocycles. The first-order chi connectivity index (χ1) is 6.30. The predicted molar refractivity (Wildman–Crippen MR) is 58.2 cm³/mol. The molecule has 1 saturated carbocycles. The van der Waals surface area contributed by atoms with Crippen LogP contribution in [0.5, 0.6) is 0 Å². The summed E-state index contributed by atoms with van der Waals surface area (Å²) in [5, 5.41) is 0. The minimum atomic E-state index is 0.344. The first-order valence-electron chi connectivity index (χ1n) is 4.65. The molecule has 1 aromatic rings. The van der Waals surface area contributed by atoms with Gasteiger partial charge in [0.15, 0.2) is 0 Å². The summed E-state index contributed by atoms with van der Waals surface area (Å²) in [5.41, 5.74) is 7.53. The Hall–Kier alpha value is -0.470. The van der Waals surface area contributed by atoms with E-state index in [0.29, 0.717) is 5.41 Å². The van der Waals surface area contributed by atoms with Crippen molar-refractivity contribution < 1.29 is 0 Å². The number of hydrogen-bond donors (Lipinski definition) is 1. The van der Waals surface area contributed by atoms with Crippen molar-refractivity contribution >= 4 is 11.8 Å². The van der Waals surface area contributed by atoms with Crippen LogP contribution in [0.3, 0.4) is 0 Å². The summed E-state index contributed by atoms with van der Waals surface area (Å²) < 4.78 is 0. The zero-order chi connectivity index (χ0) is 9.31. The van der Waals surface area contributed by atoms with E-state index in [-0.39, 0.29) is 0 Å². The van der Waals surface area contributed by atoms with Gasteiger partial charge in [-0.1, -0.05) is 12.1 Å². The Morgan fingerprint density at radius 1 is 1.31 bits per heavy atom. The molecule has 0 amide bonds. The molecule has 70 valence electrons. The van der Waals surface area contributed by atoms with Crippen molar-refractivity contribution in [2.45, 2.75) is 23.2 Å². The van der Waals surface area contributed by atoms with Crippen LogP contribution in [0.1, 0.15) is 18.4 Å². The number of nitrogens with two attached hydrogens (primary N) is 1. The predicted octanol–water partition coefficient (Wildman–Crippen LogP) is 2.40. The molecule has 1 aliphatic carbocycles. The quantitative estimate of drug-likeness (QED) is 0.746. The van der Waals surface area contributed by atoms with Crippen LogP contribution in [0.4, 0.5) is 0 Å². The van der Waals surface area contributed by atoms with E-state index in [4.69, 9.17) is 5.73 Å². The molecular weight excluding hydrogens is 178 g/mol.